The molecule has 0 bridgehead atoms. The minimum absolute atomic E-state index is 0.221. The normalized spacial score (nSPS) is 9.77. The number of thiophene rings is 1. The van der Waals surface area contributed by atoms with Gasteiger partial charge in [-0.15, -0.1) is 0 Å². The van der Waals surface area contributed by atoms with E-state index in [2.05, 4.69) is 0 Å². The Morgan fingerprint density at radius 2 is 2.38 bits per heavy atom. The van der Waals surface area contributed by atoms with Crippen molar-refractivity contribution in [1.82, 2.24) is 0 Å². The molecule has 13 heavy (non-hydrogen) atoms. The number of carbonyl (C=O) groups excluding carboxylic acids is 1. The van der Waals surface area contributed by atoms with Gasteiger partial charge in [0.05, 0.1) is 12.2 Å². The summed E-state index contributed by atoms with van der Waals surface area (Å²) in [6.07, 6.45) is 0. The van der Waals surface area contributed by atoms with Gasteiger partial charge in [-0.05, 0) is 18.4 Å². The highest BCUT2D eigenvalue weighted by Crippen LogP contribution is 2.05. The summed E-state index contributed by atoms with van der Waals surface area (Å²) in [5.74, 6) is -0.521. The van der Waals surface area contributed by atoms with Gasteiger partial charge in [0.1, 0.15) is 0 Å². The predicted octanol–water partition coefficient (Wildman–Crippen LogP) is -0.395. The van der Waals surface area contributed by atoms with Crippen molar-refractivity contribution >= 4 is 29.2 Å². The molecule has 1 aromatic rings. The molecule has 1 rings (SSSR count). The van der Waals surface area contributed by atoms with E-state index in [1.165, 1.54) is 6.07 Å². The maximum atomic E-state index is 11.2. The smallest absolute Gasteiger partial charge is 0.462 e. The van der Waals surface area contributed by atoms with E-state index in [0.717, 1.165) is 11.3 Å². The summed E-state index contributed by atoms with van der Waals surface area (Å²) in [6, 6.07) is 1.51. The van der Waals surface area contributed by atoms with Crippen LogP contribution in [-0.2, 0) is 4.74 Å². The Bertz CT molecular complexity index is 296. The molecule has 70 valence electrons. The highest BCUT2D eigenvalue weighted by molar-refractivity contribution is 7.21. The summed E-state index contributed by atoms with van der Waals surface area (Å²) in [6.45, 7) is 1.97. The summed E-state index contributed by atoms with van der Waals surface area (Å²) < 4.78 is 4.94. The van der Waals surface area contributed by atoms with Gasteiger partial charge in [-0.3, -0.25) is 0 Å². The zero-order chi connectivity index (χ0) is 9.84. The van der Waals surface area contributed by atoms with Gasteiger partial charge in [-0.1, -0.05) is 0 Å². The van der Waals surface area contributed by atoms with Gasteiger partial charge >= 0.3 is 13.1 Å². The van der Waals surface area contributed by atoms with Crippen molar-refractivity contribution in [3.63, 3.8) is 0 Å². The van der Waals surface area contributed by atoms with Crippen molar-refractivity contribution in [2.75, 3.05) is 6.61 Å². The molecule has 0 amide bonds. The molecule has 4 nitrogen and oxygen atoms in total. The van der Waals surface area contributed by atoms with E-state index in [4.69, 9.17) is 14.8 Å². The maximum absolute atomic E-state index is 11.2. The standard InChI is InChI=1S/C7H9BO4S/c1-2-12-7(9)5-3-4-13-6(5)8(10)11/h3-4,10-11H,2H2,1H3. The van der Waals surface area contributed by atoms with Crippen molar-refractivity contribution in [3.8, 4) is 0 Å². The predicted molar refractivity (Wildman–Crippen MR) is 50.1 cm³/mol. The van der Waals surface area contributed by atoms with Crippen molar-refractivity contribution < 1.29 is 19.6 Å². The zero-order valence-electron chi connectivity index (χ0n) is 7.06. The first-order valence-corrected chi connectivity index (χ1v) is 4.65. The van der Waals surface area contributed by atoms with Crippen molar-refractivity contribution in [2.24, 2.45) is 0 Å². The number of hydrogen-bond donors (Lipinski definition) is 2. The summed E-state index contributed by atoms with van der Waals surface area (Å²) in [4.78, 5) is 11.2. The Balaban J connectivity index is 2.87. The molecule has 0 unspecified atom stereocenters. The van der Waals surface area contributed by atoms with E-state index < -0.39 is 13.1 Å². The topological polar surface area (TPSA) is 66.8 Å². The molecule has 0 aliphatic carbocycles. The average Bonchev–Trinajstić information content (AvgIpc) is 2.52. The fourth-order valence-electron chi connectivity index (χ4n) is 0.898. The van der Waals surface area contributed by atoms with Crippen LogP contribution in [0.1, 0.15) is 17.3 Å². The van der Waals surface area contributed by atoms with Crippen LogP contribution in [0.3, 0.4) is 0 Å². The molecular weight excluding hydrogens is 191 g/mol. The van der Waals surface area contributed by atoms with Crippen molar-refractivity contribution in [1.29, 1.82) is 0 Å². The first-order chi connectivity index (χ1) is 6.16. The highest BCUT2D eigenvalue weighted by Gasteiger charge is 2.22. The van der Waals surface area contributed by atoms with Crippen molar-refractivity contribution in [3.05, 3.63) is 17.0 Å². The lowest BCUT2D eigenvalue weighted by Crippen LogP contribution is -2.31. The quantitative estimate of drug-likeness (QED) is 0.514. The second-order valence-electron chi connectivity index (χ2n) is 2.29. The second-order valence-corrected chi connectivity index (χ2v) is 3.24. The molecule has 0 fully saturated rings. The number of esters is 1. The van der Waals surface area contributed by atoms with Crippen molar-refractivity contribution in [2.45, 2.75) is 6.92 Å². The number of ether oxygens (including phenoxy) is 1. The van der Waals surface area contributed by atoms with Crippen LogP contribution in [-0.4, -0.2) is 29.7 Å². The van der Waals surface area contributed by atoms with Gasteiger partial charge in [-0.2, -0.15) is 11.3 Å². The first-order valence-electron chi connectivity index (χ1n) is 3.77. The monoisotopic (exact) mass is 200 g/mol. The van der Waals surface area contributed by atoms with Gasteiger partial charge < -0.3 is 14.8 Å². The second kappa shape index (κ2) is 4.41. The van der Waals surface area contributed by atoms with Gasteiger partial charge in [0, 0.05) is 4.78 Å². The first kappa shape index (κ1) is 10.2. The van der Waals surface area contributed by atoms with Crippen LogP contribution in [0.5, 0.6) is 0 Å². The Kier molecular flexibility index (Phi) is 3.47. The number of rotatable bonds is 3. The summed E-state index contributed by atoms with van der Waals surface area (Å²) >= 11 is 1.11. The third kappa shape index (κ3) is 2.30. The maximum Gasteiger partial charge on any atom is 0.499 e. The SMILES string of the molecule is CCOC(=O)c1ccsc1B(O)O. The highest BCUT2D eigenvalue weighted by atomic mass is 32.1. The van der Waals surface area contributed by atoms with Crippen LogP contribution >= 0.6 is 11.3 Å². The number of hydrogen-bond acceptors (Lipinski definition) is 5. The Hall–Kier alpha value is -0.845. The number of carbonyl (C=O) groups is 1. The molecule has 2 N–H and O–H groups in total. The molecule has 0 saturated carbocycles. The van der Waals surface area contributed by atoms with Crippen LogP contribution in [0.25, 0.3) is 0 Å². The van der Waals surface area contributed by atoms with Gasteiger partial charge in [-0.25, -0.2) is 4.79 Å². The molecule has 1 aromatic heterocycles. The Morgan fingerprint density at radius 3 is 2.92 bits per heavy atom. The largest absolute Gasteiger partial charge is 0.499 e. The molecule has 0 saturated heterocycles. The summed E-state index contributed by atoms with van der Waals surface area (Å²) in [7, 11) is -1.61. The van der Waals surface area contributed by atoms with Crippen LogP contribution in [0, 0.1) is 0 Å². The van der Waals surface area contributed by atoms with E-state index >= 15 is 0 Å². The zero-order valence-corrected chi connectivity index (χ0v) is 7.87. The Morgan fingerprint density at radius 1 is 1.69 bits per heavy atom. The fourth-order valence-corrected chi connectivity index (χ4v) is 1.65. The van der Waals surface area contributed by atoms with E-state index in [-0.39, 0.29) is 16.9 Å². The third-order valence-electron chi connectivity index (χ3n) is 1.43. The minimum atomic E-state index is -1.61. The minimum Gasteiger partial charge on any atom is -0.462 e. The molecule has 0 atom stereocenters. The lowest BCUT2D eigenvalue weighted by molar-refractivity contribution is 0.0528. The van der Waals surface area contributed by atoms with Gasteiger partial charge in [0.25, 0.3) is 0 Å². The molecule has 0 aliphatic heterocycles. The van der Waals surface area contributed by atoms with Crippen LogP contribution in [0.2, 0.25) is 0 Å². The van der Waals surface area contributed by atoms with E-state index in [9.17, 15) is 4.79 Å². The fraction of sp³-hybridized carbons (Fsp3) is 0.286. The molecule has 1 heterocycles. The lowest BCUT2D eigenvalue weighted by Gasteiger charge is -2.01. The van der Waals surface area contributed by atoms with E-state index in [1.807, 2.05) is 0 Å². The lowest BCUT2D eigenvalue weighted by atomic mass is 9.86. The molecule has 6 heteroatoms. The van der Waals surface area contributed by atoms with Crippen LogP contribution < -0.4 is 4.78 Å². The molecular formula is C7H9BO4S. The molecule has 0 aliphatic rings. The summed E-state index contributed by atoms with van der Waals surface area (Å²) in [5.41, 5.74) is 0.224. The summed E-state index contributed by atoms with van der Waals surface area (Å²) in [5, 5.41) is 19.3. The third-order valence-corrected chi connectivity index (χ3v) is 2.38. The van der Waals surface area contributed by atoms with Crippen LogP contribution in [0.15, 0.2) is 11.4 Å². The van der Waals surface area contributed by atoms with E-state index in [1.54, 1.807) is 12.3 Å². The molecule has 0 aromatic carbocycles. The Labute approximate surface area is 79.9 Å². The van der Waals surface area contributed by atoms with E-state index in [0.29, 0.717) is 0 Å². The molecule has 0 spiro atoms. The van der Waals surface area contributed by atoms with Gasteiger partial charge in [0.2, 0.25) is 0 Å². The average molecular weight is 200 g/mol. The molecule has 0 radical (unpaired) electrons. The van der Waals surface area contributed by atoms with Gasteiger partial charge in [0.15, 0.2) is 0 Å². The van der Waals surface area contributed by atoms with Crippen LogP contribution in [0.4, 0.5) is 0 Å².